The van der Waals surface area contributed by atoms with Crippen molar-refractivity contribution in [1.29, 1.82) is 0 Å². The van der Waals surface area contributed by atoms with E-state index in [2.05, 4.69) is 11.1 Å². The average molecular weight is 311 g/mol. The van der Waals surface area contributed by atoms with Crippen LogP contribution in [0.15, 0.2) is 66.0 Å². The summed E-state index contributed by atoms with van der Waals surface area (Å²) in [5.74, 6) is 0. The SMILES string of the molecule is NS(=O)(=O)c1cccc(C2c3ccccc3-c3cncn32)c1. The largest absolute Gasteiger partial charge is 0.319 e. The molecule has 0 radical (unpaired) electrons. The van der Waals surface area contributed by atoms with Gasteiger partial charge < -0.3 is 4.57 Å². The summed E-state index contributed by atoms with van der Waals surface area (Å²) in [6.07, 6.45) is 3.59. The molecule has 0 amide bonds. The zero-order valence-corrected chi connectivity index (χ0v) is 12.4. The molecule has 1 aliphatic heterocycles. The topological polar surface area (TPSA) is 78.0 Å². The average Bonchev–Trinajstić information content (AvgIpc) is 3.06. The second-order valence-corrected chi connectivity index (χ2v) is 6.85. The van der Waals surface area contributed by atoms with Crippen molar-refractivity contribution in [2.24, 2.45) is 5.14 Å². The Morgan fingerprint density at radius 1 is 1.09 bits per heavy atom. The van der Waals surface area contributed by atoms with Crippen LogP contribution in [0.25, 0.3) is 11.3 Å². The predicted molar refractivity (Wildman–Crippen MR) is 82.7 cm³/mol. The van der Waals surface area contributed by atoms with E-state index in [4.69, 9.17) is 5.14 Å². The second-order valence-electron chi connectivity index (χ2n) is 5.29. The summed E-state index contributed by atoms with van der Waals surface area (Å²) in [5, 5.41) is 5.25. The van der Waals surface area contributed by atoms with Crippen molar-refractivity contribution in [3.05, 3.63) is 72.2 Å². The maximum Gasteiger partial charge on any atom is 0.238 e. The molecule has 3 aromatic rings. The number of hydrogen-bond donors (Lipinski definition) is 1. The van der Waals surface area contributed by atoms with Crippen molar-refractivity contribution in [2.75, 3.05) is 0 Å². The van der Waals surface area contributed by atoms with Crippen molar-refractivity contribution in [2.45, 2.75) is 10.9 Å². The molecule has 0 saturated carbocycles. The monoisotopic (exact) mass is 311 g/mol. The van der Waals surface area contributed by atoms with Crippen molar-refractivity contribution >= 4 is 10.0 Å². The molecule has 1 unspecified atom stereocenters. The standard InChI is InChI=1S/C16H13N3O2S/c17-22(20,21)12-5-3-4-11(8-12)16-14-7-2-1-6-13(14)15-9-18-10-19(15)16/h1-10,16H,(H2,17,20,21). The third-order valence-corrected chi connectivity index (χ3v) is 4.89. The number of sulfonamides is 1. The fourth-order valence-corrected chi connectivity index (χ4v) is 3.61. The number of hydrogen-bond acceptors (Lipinski definition) is 3. The van der Waals surface area contributed by atoms with Gasteiger partial charge in [0.15, 0.2) is 0 Å². The summed E-state index contributed by atoms with van der Waals surface area (Å²) in [4.78, 5) is 4.33. The van der Waals surface area contributed by atoms with Gasteiger partial charge in [-0.2, -0.15) is 0 Å². The molecule has 5 nitrogen and oxygen atoms in total. The Bertz CT molecular complexity index is 976. The summed E-state index contributed by atoms with van der Waals surface area (Å²) in [6.45, 7) is 0. The number of benzene rings is 2. The van der Waals surface area contributed by atoms with Gasteiger partial charge in [0.1, 0.15) is 0 Å². The molecule has 2 N–H and O–H groups in total. The van der Waals surface area contributed by atoms with E-state index >= 15 is 0 Å². The molecular weight excluding hydrogens is 298 g/mol. The second kappa shape index (κ2) is 4.53. The van der Waals surface area contributed by atoms with Crippen molar-refractivity contribution in [1.82, 2.24) is 9.55 Å². The number of fused-ring (bicyclic) bond motifs is 3. The summed E-state index contributed by atoms with van der Waals surface area (Å²) >= 11 is 0. The highest BCUT2D eigenvalue weighted by molar-refractivity contribution is 7.89. The molecule has 22 heavy (non-hydrogen) atoms. The molecule has 6 heteroatoms. The Balaban J connectivity index is 1.95. The molecule has 4 rings (SSSR count). The number of nitrogens with zero attached hydrogens (tertiary/aromatic N) is 2. The number of nitrogens with two attached hydrogens (primary N) is 1. The number of aromatic nitrogens is 2. The predicted octanol–water partition coefficient (Wildman–Crippen LogP) is 2.15. The molecule has 1 aliphatic rings. The Hall–Kier alpha value is -2.44. The molecule has 0 saturated heterocycles. The van der Waals surface area contributed by atoms with E-state index in [1.165, 1.54) is 6.07 Å². The minimum atomic E-state index is -3.72. The molecule has 0 aliphatic carbocycles. The van der Waals surface area contributed by atoms with Gasteiger partial charge in [-0.1, -0.05) is 36.4 Å². The van der Waals surface area contributed by atoms with E-state index in [1.807, 2.05) is 35.0 Å². The zero-order valence-electron chi connectivity index (χ0n) is 11.5. The summed E-state index contributed by atoms with van der Waals surface area (Å²) in [7, 11) is -3.72. The highest BCUT2D eigenvalue weighted by atomic mass is 32.2. The van der Waals surface area contributed by atoms with Crippen LogP contribution in [-0.2, 0) is 10.0 Å². The van der Waals surface area contributed by atoms with Crippen LogP contribution in [0.2, 0.25) is 0 Å². The molecule has 0 fully saturated rings. The third-order valence-electron chi connectivity index (χ3n) is 3.98. The lowest BCUT2D eigenvalue weighted by Gasteiger charge is -2.16. The molecule has 110 valence electrons. The van der Waals surface area contributed by atoms with Gasteiger partial charge in [-0.25, -0.2) is 18.5 Å². The van der Waals surface area contributed by atoms with Crippen LogP contribution in [0.1, 0.15) is 17.2 Å². The van der Waals surface area contributed by atoms with Crippen LogP contribution >= 0.6 is 0 Å². The fraction of sp³-hybridized carbons (Fsp3) is 0.0625. The summed E-state index contributed by atoms with van der Waals surface area (Å²) in [6, 6.07) is 14.7. The van der Waals surface area contributed by atoms with Crippen molar-refractivity contribution < 1.29 is 8.42 Å². The van der Waals surface area contributed by atoms with Crippen LogP contribution in [0.5, 0.6) is 0 Å². The molecule has 0 bridgehead atoms. The van der Waals surface area contributed by atoms with E-state index in [0.29, 0.717) is 0 Å². The van der Waals surface area contributed by atoms with Gasteiger partial charge in [-0.05, 0) is 23.3 Å². The Kier molecular flexibility index (Phi) is 2.72. The first-order valence-corrected chi connectivity index (χ1v) is 8.34. The molecule has 0 spiro atoms. The van der Waals surface area contributed by atoms with E-state index in [-0.39, 0.29) is 10.9 Å². The Morgan fingerprint density at radius 2 is 1.91 bits per heavy atom. The minimum Gasteiger partial charge on any atom is -0.319 e. The lowest BCUT2D eigenvalue weighted by molar-refractivity contribution is 0.597. The first kappa shape index (κ1) is 13.2. The molecular formula is C16H13N3O2S. The molecule has 2 aromatic carbocycles. The van der Waals surface area contributed by atoms with Gasteiger partial charge in [-0.3, -0.25) is 0 Å². The van der Waals surface area contributed by atoms with Crippen LogP contribution in [0.4, 0.5) is 0 Å². The van der Waals surface area contributed by atoms with E-state index in [1.54, 1.807) is 18.5 Å². The van der Waals surface area contributed by atoms with Crippen LogP contribution in [-0.4, -0.2) is 18.0 Å². The number of primary sulfonamides is 1. The lowest BCUT2D eigenvalue weighted by atomic mass is 9.97. The number of rotatable bonds is 2. The van der Waals surface area contributed by atoms with E-state index in [0.717, 1.165) is 22.4 Å². The molecule has 1 aromatic heterocycles. The highest BCUT2D eigenvalue weighted by Crippen LogP contribution is 2.42. The summed E-state index contributed by atoms with van der Waals surface area (Å²) in [5.41, 5.74) is 4.15. The molecule has 2 heterocycles. The third kappa shape index (κ3) is 1.88. The maximum atomic E-state index is 11.6. The van der Waals surface area contributed by atoms with Crippen molar-refractivity contribution in [3.8, 4) is 11.3 Å². The first-order chi connectivity index (χ1) is 10.6. The van der Waals surface area contributed by atoms with Crippen LogP contribution < -0.4 is 5.14 Å². The molecule has 1 atom stereocenters. The smallest absolute Gasteiger partial charge is 0.238 e. The quantitative estimate of drug-likeness (QED) is 0.616. The van der Waals surface area contributed by atoms with Crippen LogP contribution in [0.3, 0.4) is 0 Å². The zero-order chi connectivity index (χ0) is 15.3. The van der Waals surface area contributed by atoms with Gasteiger partial charge in [0, 0.05) is 5.56 Å². The van der Waals surface area contributed by atoms with Crippen molar-refractivity contribution in [3.63, 3.8) is 0 Å². The van der Waals surface area contributed by atoms with Gasteiger partial charge in [0.05, 0.1) is 29.2 Å². The normalized spacial score (nSPS) is 16.3. The fourth-order valence-electron chi connectivity index (χ4n) is 3.04. The first-order valence-electron chi connectivity index (χ1n) is 6.79. The van der Waals surface area contributed by atoms with E-state index < -0.39 is 10.0 Å². The van der Waals surface area contributed by atoms with Gasteiger partial charge in [0.25, 0.3) is 0 Å². The summed E-state index contributed by atoms with van der Waals surface area (Å²) < 4.78 is 25.2. The number of imidazole rings is 1. The van der Waals surface area contributed by atoms with Gasteiger partial charge >= 0.3 is 0 Å². The maximum absolute atomic E-state index is 11.6. The minimum absolute atomic E-state index is 0.0876. The van der Waals surface area contributed by atoms with Crippen LogP contribution in [0, 0.1) is 0 Å². The Labute approximate surface area is 128 Å². The Morgan fingerprint density at radius 3 is 2.73 bits per heavy atom. The van der Waals surface area contributed by atoms with E-state index in [9.17, 15) is 8.42 Å². The highest BCUT2D eigenvalue weighted by Gasteiger charge is 2.29. The van der Waals surface area contributed by atoms with Gasteiger partial charge in [-0.15, -0.1) is 0 Å². The van der Waals surface area contributed by atoms with Gasteiger partial charge in [0.2, 0.25) is 10.0 Å². The lowest BCUT2D eigenvalue weighted by Crippen LogP contribution is -2.13.